The van der Waals surface area contributed by atoms with Crippen LogP contribution in [0.25, 0.3) is 0 Å². The van der Waals surface area contributed by atoms with Crippen molar-refractivity contribution < 1.29 is 9.13 Å². The van der Waals surface area contributed by atoms with Crippen LogP contribution >= 0.6 is 11.5 Å². The molecular weight excluding hydrogens is 277 g/mol. The van der Waals surface area contributed by atoms with E-state index in [4.69, 9.17) is 10.5 Å². The first-order chi connectivity index (χ1) is 9.34. The Kier molecular flexibility index (Phi) is 4.06. The Morgan fingerprint density at radius 3 is 2.65 bits per heavy atom. The van der Waals surface area contributed by atoms with Gasteiger partial charge >= 0.3 is 0 Å². The van der Waals surface area contributed by atoms with Crippen LogP contribution in [0.4, 0.5) is 4.39 Å². The molecule has 0 spiro atoms. The van der Waals surface area contributed by atoms with E-state index in [9.17, 15) is 4.39 Å². The molecule has 0 bridgehead atoms. The van der Waals surface area contributed by atoms with Crippen molar-refractivity contribution in [3.63, 3.8) is 0 Å². The highest BCUT2D eigenvalue weighted by atomic mass is 32.1. The fourth-order valence-corrected chi connectivity index (χ4v) is 2.90. The van der Waals surface area contributed by atoms with Crippen LogP contribution in [0.2, 0.25) is 0 Å². The van der Waals surface area contributed by atoms with E-state index in [1.165, 1.54) is 23.7 Å². The molecule has 1 aromatic heterocycles. The third kappa shape index (κ3) is 2.81. The van der Waals surface area contributed by atoms with E-state index in [2.05, 4.69) is 9.59 Å². The van der Waals surface area contributed by atoms with Gasteiger partial charge in [-0.15, -0.1) is 5.10 Å². The van der Waals surface area contributed by atoms with E-state index in [0.717, 1.165) is 10.6 Å². The average Bonchev–Trinajstić information content (AvgIpc) is 2.87. The second-order valence-corrected chi connectivity index (χ2v) is 6.39. The highest BCUT2D eigenvalue weighted by Gasteiger charge is 2.27. The van der Waals surface area contributed by atoms with Crippen molar-refractivity contribution in [3.05, 3.63) is 40.2 Å². The predicted octanol–water partition coefficient (Wildman–Crippen LogP) is 3.03. The largest absolute Gasteiger partial charge is 0.496 e. The van der Waals surface area contributed by atoms with Crippen LogP contribution in [0, 0.1) is 5.82 Å². The van der Waals surface area contributed by atoms with Crippen LogP contribution in [0.3, 0.4) is 0 Å². The lowest BCUT2D eigenvalue weighted by atomic mass is 9.89. The van der Waals surface area contributed by atoms with Gasteiger partial charge in [0.2, 0.25) is 0 Å². The smallest absolute Gasteiger partial charge is 0.124 e. The molecule has 2 aromatic rings. The van der Waals surface area contributed by atoms with Crippen LogP contribution in [0.5, 0.6) is 5.75 Å². The van der Waals surface area contributed by atoms with Crippen LogP contribution in [-0.2, 0) is 5.41 Å². The van der Waals surface area contributed by atoms with Gasteiger partial charge in [-0.1, -0.05) is 25.3 Å². The predicted molar refractivity (Wildman–Crippen MR) is 77.6 cm³/mol. The molecule has 1 atom stereocenters. The Morgan fingerprint density at radius 1 is 1.35 bits per heavy atom. The Bertz CT molecular complexity index is 607. The van der Waals surface area contributed by atoms with Crippen LogP contribution < -0.4 is 10.5 Å². The lowest BCUT2D eigenvalue weighted by Crippen LogP contribution is -2.20. The van der Waals surface area contributed by atoms with Crippen molar-refractivity contribution in [3.8, 4) is 5.75 Å². The van der Waals surface area contributed by atoms with Gasteiger partial charge in [0.05, 0.1) is 23.7 Å². The number of hydrogen-bond donors (Lipinski definition) is 1. The first-order valence-corrected chi connectivity index (χ1v) is 7.03. The van der Waals surface area contributed by atoms with Crippen molar-refractivity contribution in [2.75, 3.05) is 7.11 Å². The number of halogens is 1. The molecule has 2 rings (SSSR count). The second kappa shape index (κ2) is 5.46. The molecule has 0 aliphatic carbocycles. The fourth-order valence-electron chi connectivity index (χ4n) is 2.01. The van der Waals surface area contributed by atoms with Gasteiger partial charge in [-0.05, 0) is 29.7 Å². The molecule has 0 amide bonds. The van der Waals surface area contributed by atoms with Gasteiger partial charge in [-0.3, -0.25) is 0 Å². The minimum atomic E-state index is -0.505. The van der Waals surface area contributed by atoms with Gasteiger partial charge in [-0.25, -0.2) is 4.39 Å². The summed E-state index contributed by atoms with van der Waals surface area (Å²) in [6, 6.07) is 3.82. The number of methoxy groups -OCH3 is 1. The summed E-state index contributed by atoms with van der Waals surface area (Å²) in [4.78, 5) is 0.835. The summed E-state index contributed by atoms with van der Waals surface area (Å²) < 4.78 is 22.7. The van der Waals surface area contributed by atoms with E-state index in [1.807, 2.05) is 20.8 Å². The maximum Gasteiger partial charge on any atom is 0.124 e. The summed E-state index contributed by atoms with van der Waals surface area (Å²) in [6.07, 6.45) is 0. The zero-order chi connectivity index (χ0) is 14.9. The molecule has 2 N–H and O–H groups in total. The second-order valence-electron chi connectivity index (χ2n) is 5.60. The van der Waals surface area contributed by atoms with E-state index in [0.29, 0.717) is 11.3 Å². The first-order valence-electron chi connectivity index (χ1n) is 6.26. The Balaban J connectivity index is 2.49. The highest BCUT2D eigenvalue weighted by molar-refractivity contribution is 7.05. The van der Waals surface area contributed by atoms with Gasteiger partial charge < -0.3 is 10.5 Å². The third-order valence-corrected chi connectivity index (χ3v) is 3.84. The summed E-state index contributed by atoms with van der Waals surface area (Å²) in [5.74, 6) is 0.221. The molecule has 0 saturated carbocycles. The average molecular weight is 295 g/mol. The van der Waals surface area contributed by atoms with Crippen LogP contribution in [0.15, 0.2) is 18.2 Å². The van der Waals surface area contributed by atoms with Gasteiger partial charge in [-0.2, -0.15) is 0 Å². The number of nitrogens with zero attached hydrogens (tertiary/aromatic N) is 2. The number of benzene rings is 1. The van der Waals surface area contributed by atoms with Gasteiger partial charge in [0.15, 0.2) is 0 Å². The monoisotopic (exact) mass is 295 g/mol. The number of nitrogens with two attached hydrogens (primary N) is 1. The van der Waals surface area contributed by atoms with Crippen molar-refractivity contribution in [1.29, 1.82) is 0 Å². The first kappa shape index (κ1) is 14.9. The molecule has 20 heavy (non-hydrogen) atoms. The zero-order valence-electron chi connectivity index (χ0n) is 12.0. The van der Waals surface area contributed by atoms with Gasteiger partial charge in [0.1, 0.15) is 11.6 Å². The standard InChI is InChI=1S/C14H18FN3OS/c1-14(2,3)13-12(20-18-17-13)11(16)9-7-8(15)5-6-10(9)19-4/h5-7,11H,16H2,1-4H3. The van der Waals surface area contributed by atoms with Crippen molar-refractivity contribution in [2.45, 2.75) is 32.2 Å². The molecule has 6 heteroatoms. The van der Waals surface area contributed by atoms with Gasteiger partial charge in [0.25, 0.3) is 0 Å². The fraction of sp³-hybridized carbons (Fsp3) is 0.429. The maximum atomic E-state index is 13.5. The number of aromatic nitrogens is 2. The molecule has 0 fully saturated rings. The third-order valence-electron chi connectivity index (χ3n) is 3.03. The van der Waals surface area contributed by atoms with E-state index in [1.54, 1.807) is 13.2 Å². The minimum Gasteiger partial charge on any atom is -0.496 e. The van der Waals surface area contributed by atoms with E-state index in [-0.39, 0.29) is 11.2 Å². The Morgan fingerprint density at radius 2 is 2.05 bits per heavy atom. The summed E-state index contributed by atoms with van der Waals surface area (Å²) >= 11 is 1.24. The quantitative estimate of drug-likeness (QED) is 0.945. The Hall–Kier alpha value is -1.53. The lowest BCUT2D eigenvalue weighted by molar-refractivity contribution is 0.406. The molecule has 108 valence electrons. The molecule has 1 aromatic carbocycles. The highest BCUT2D eigenvalue weighted by Crippen LogP contribution is 2.35. The normalized spacial score (nSPS) is 13.3. The molecule has 1 heterocycles. The lowest BCUT2D eigenvalue weighted by Gasteiger charge is -2.20. The molecule has 0 radical (unpaired) electrons. The van der Waals surface area contributed by atoms with Gasteiger partial charge in [0, 0.05) is 11.0 Å². The minimum absolute atomic E-state index is 0.166. The maximum absolute atomic E-state index is 13.5. The Labute approximate surface area is 121 Å². The summed E-state index contributed by atoms with van der Waals surface area (Å²) in [7, 11) is 1.54. The van der Waals surface area contributed by atoms with Crippen LogP contribution in [-0.4, -0.2) is 16.7 Å². The number of rotatable bonds is 3. The van der Waals surface area contributed by atoms with Crippen molar-refractivity contribution in [2.24, 2.45) is 5.73 Å². The van der Waals surface area contributed by atoms with Crippen molar-refractivity contribution >= 4 is 11.5 Å². The summed E-state index contributed by atoms with van der Waals surface area (Å²) in [6.45, 7) is 6.13. The topological polar surface area (TPSA) is 61.0 Å². The molecule has 0 aliphatic heterocycles. The van der Waals surface area contributed by atoms with E-state index >= 15 is 0 Å². The SMILES string of the molecule is COc1ccc(F)cc1C(N)c1snnc1C(C)(C)C. The number of hydrogen-bond acceptors (Lipinski definition) is 5. The van der Waals surface area contributed by atoms with E-state index < -0.39 is 6.04 Å². The summed E-state index contributed by atoms with van der Waals surface area (Å²) in [5.41, 5.74) is 7.56. The van der Waals surface area contributed by atoms with Crippen molar-refractivity contribution in [1.82, 2.24) is 9.59 Å². The molecular formula is C14H18FN3OS. The number of ether oxygens (including phenoxy) is 1. The molecule has 4 nitrogen and oxygen atoms in total. The molecule has 0 saturated heterocycles. The zero-order valence-corrected chi connectivity index (χ0v) is 12.8. The molecule has 1 unspecified atom stereocenters. The summed E-state index contributed by atoms with van der Waals surface area (Å²) in [5, 5.41) is 4.17. The molecule has 0 aliphatic rings. The van der Waals surface area contributed by atoms with Crippen LogP contribution in [0.1, 0.15) is 42.9 Å².